The Bertz CT molecular complexity index is 1290. The van der Waals surface area contributed by atoms with Crippen molar-refractivity contribution in [2.75, 3.05) is 24.6 Å². The fourth-order valence-corrected chi connectivity index (χ4v) is 6.13. The lowest BCUT2D eigenvalue weighted by molar-refractivity contribution is -0.137. The highest BCUT2D eigenvalue weighted by Gasteiger charge is 2.25. The van der Waals surface area contributed by atoms with E-state index in [1.807, 2.05) is 16.8 Å². The Morgan fingerprint density at radius 2 is 1.94 bits per heavy atom. The maximum atomic E-state index is 11.9. The largest absolute Gasteiger partial charge is 0.481 e. The maximum absolute atomic E-state index is 11.9. The topological polar surface area (TPSA) is 105 Å². The van der Waals surface area contributed by atoms with Crippen molar-refractivity contribution in [2.24, 2.45) is 0 Å². The highest BCUT2D eigenvalue weighted by Crippen LogP contribution is 2.34. The molecule has 10 heteroatoms. The molecule has 1 saturated heterocycles. The molecule has 34 heavy (non-hydrogen) atoms. The zero-order valence-electron chi connectivity index (χ0n) is 19.2. The second-order valence-electron chi connectivity index (χ2n) is 8.70. The van der Waals surface area contributed by atoms with Gasteiger partial charge in [0.15, 0.2) is 9.84 Å². The van der Waals surface area contributed by atoms with Gasteiger partial charge in [-0.25, -0.2) is 12.9 Å². The number of pyridine rings is 1. The number of hydrogen-bond acceptors (Lipinski definition) is 6. The number of sulfone groups is 1. The lowest BCUT2D eigenvalue weighted by Gasteiger charge is -2.27. The fourth-order valence-electron chi connectivity index (χ4n) is 4.49. The monoisotopic (exact) mass is 548 g/mol. The van der Waals surface area contributed by atoms with Crippen LogP contribution in [0.2, 0.25) is 0 Å². The molecule has 8 nitrogen and oxygen atoms in total. The quantitative estimate of drug-likeness (QED) is 0.406. The number of carboxylic acids is 1. The Labute approximate surface area is 208 Å². The molecule has 3 aromatic rings. The van der Waals surface area contributed by atoms with Crippen LogP contribution in [0.25, 0.3) is 16.6 Å². The van der Waals surface area contributed by atoms with Gasteiger partial charge < -0.3 is 5.11 Å². The summed E-state index contributed by atoms with van der Waals surface area (Å²) in [7, 11) is -2.97. The molecule has 0 radical (unpaired) electrons. The van der Waals surface area contributed by atoms with Crippen LogP contribution in [0, 0.1) is 0 Å². The van der Waals surface area contributed by atoms with E-state index in [9.17, 15) is 13.2 Å². The number of aliphatic carboxylic acids is 1. The standard InChI is InChI=1S/C24H29BrN4O4S/c1-2-19-7-8-22-24(17-13-18(25)15-26-14-17)20(5-3-4-6-23(30)31)21(27-29(19)22)16-28-9-11-34(32,33)12-10-28/h7-8,13-15H,2-6,9-12,16H2,1H3,(H,30,31). The molecule has 0 aromatic carbocycles. The number of carboxylic acid groups (broad SMARTS) is 1. The first-order chi connectivity index (χ1) is 16.3. The van der Waals surface area contributed by atoms with E-state index in [-0.39, 0.29) is 17.9 Å². The van der Waals surface area contributed by atoms with E-state index < -0.39 is 15.8 Å². The highest BCUT2D eigenvalue weighted by atomic mass is 79.9. The molecule has 0 amide bonds. The third-order valence-electron chi connectivity index (χ3n) is 6.29. The number of nitrogens with zero attached hydrogens (tertiary/aromatic N) is 4. The number of carbonyl (C=O) groups is 1. The Kier molecular flexibility index (Phi) is 7.69. The third-order valence-corrected chi connectivity index (χ3v) is 8.34. The van der Waals surface area contributed by atoms with Gasteiger partial charge in [0.2, 0.25) is 0 Å². The number of rotatable bonds is 9. The third kappa shape index (κ3) is 5.67. The Morgan fingerprint density at radius 1 is 1.18 bits per heavy atom. The average molecular weight is 549 g/mol. The molecule has 0 saturated carbocycles. The van der Waals surface area contributed by atoms with Crippen molar-refractivity contribution in [3.05, 3.63) is 52.0 Å². The fraction of sp³-hybridized carbons (Fsp3) is 0.458. The number of fused-ring (bicyclic) bond motifs is 1. The van der Waals surface area contributed by atoms with Crippen LogP contribution in [0.15, 0.2) is 35.1 Å². The Hall–Kier alpha value is -2.30. The van der Waals surface area contributed by atoms with Crippen molar-refractivity contribution in [2.45, 2.75) is 45.6 Å². The van der Waals surface area contributed by atoms with E-state index in [1.165, 1.54) is 0 Å². The van der Waals surface area contributed by atoms with Crippen molar-refractivity contribution < 1.29 is 18.3 Å². The molecule has 4 rings (SSSR count). The second-order valence-corrected chi connectivity index (χ2v) is 11.9. The molecule has 0 aliphatic carbocycles. The van der Waals surface area contributed by atoms with Crippen LogP contribution >= 0.6 is 15.9 Å². The lowest BCUT2D eigenvalue weighted by Crippen LogP contribution is -2.40. The van der Waals surface area contributed by atoms with Gasteiger partial charge in [-0.15, -0.1) is 0 Å². The SMILES string of the molecule is CCc1ccc2c(-c3cncc(Br)c3)c(CCCCC(=O)O)c(CN3CCS(=O)(=O)CC3)nn12. The molecule has 0 bridgehead atoms. The van der Waals surface area contributed by atoms with Crippen LogP contribution in [-0.2, 0) is 34.0 Å². The number of aromatic nitrogens is 3. The van der Waals surface area contributed by atoms with E-state index in [4.69, 9.17) is 10.2 Å². The van der Waals surface area contributed by atoms with Crippen LogP contribution in [0.3, 0.4) is 0 Å². The maximum Gasteiger partial charge on any atom is 0.303 e. The van der Waals surface area contributed by atoms with Gasteiger partial charge >= 0.3 is 5.97 Å². The van der Waals surface area contributed by atoms with Crippen LogP contribution in [0.5, 0.6) is 0 Å². The van der Waals surface area contributed by atoms with Crippen molar-refractivity contribution in [3.63, 3.8) is 0 Å². The van der Waals surface area contributed by atoms with E-state index in [0.29, 0.717) is 32.5 Å². The van der Waals surface area contributed by atoms with Gasteiger partial charge in [-0.1, -0.05) is 6.92 Å². The normalized spacial score (nSPS) is 16.2. The molecule has 4 heterocycles. The summed E-state index contributed by atoms with van der Waals surface area (Å²) in [4.78, 5) is 17.6. The van der Waals surface area contributed by atoms with Crippen molar-refractivity contribution in [3.8, 4) is 11.1 Å². The number of halogens is 1. The predicted molar refractivity (Wildman–Crippen MR) is 135 cm³/mol. The summed E-state index contributed by atoms with van der Waals surface area (Å²) >= 11 is 3.54. The zero-order valence-corrected chi connectivity index (χ0v) is 21.6. The minimum absolute atomic E-state index is 0.133. The Morgan fingerprint density at radius 3 is 2.62 bits per heavy atom. The second kappa shape index (κ2) is 10.5. The van der Waals surface area contributed by atoms with Gasteiger partial charge in [0.1, 0.15) is 0 Å². The van der Waals surface area contributed by atoms with E-state index in [1.54, 1.807) is 6.20 Å². The summed E-state index contributed by atoms with van der Waals surface area (Å²) in [5.41, 5.74) is 6.10. The number of aryl methyl sites for hydroxylation is 1. The molecule has 1 N–H and O–H groups in total. The average Bonchev–Trinajstić information content (AvgIpc) is 3.20. The van der Waals surface area contributed by atoms with Crippen molar-refractivity contribution >= 4 is 37.3 Å². The first-order valence-corrected chi connectivity index (χ1v) is 14.2. The van der Waals surface area contributed by atoms with Crippen LogP contribution in [0.1, 0.15) is 43.1 Å². The van der Waals surface area contributed by atoms with Gasteiger partial charge in [-0.3, -0.25) is 14.7 Å². The van der Waals surface area contributed by atoms with Gasteiger partial charge in [-0.05, 0) is 65.4 Å². The first-order valence-electron chi connectivity index (χ1n) is 11.6. The predicted octanol–water partition coefficient (Wildman–Crippen LogP) is 3.75. The van der Waals surface area contributed by atoms with Gasteiger partial charge in [0, 0.05) is 59.7 Å². The van der Waals surface area contributed by atoms with E-state index in [0.717, 1.165) is 50.9 Å². The minimum atomic E-state index is -2.97. The first kappa shape index (κ1) is 24.8. The molecule has 182 valence electrons. The van der Waals surface area contributed by atoms with E-state index >= 15 is 0 Å². The molecule has 3 aromatic heterocycles. The van der Waals surface area contributed by atoms with Crippen LogP contribution < -0.4 is 0 Å². The summed E-state index contributed by atoms with van der Waals surface area (Å²) in [5, 5.41) is 14.1. The minimum Gasteiger partial charge on any atom is -0.481 e. The summed E-state index contributed by atoms with van der Waals surface area (Å²) in [6.07, 6.45) is 6.55. The van der Waals surface area contributed by atoms with Gasteiger partial charge in [0.25, 0.3) is 0 Å². The van der Waals surface area contributed by atoms with Crippen molar-refractivity contribution in [1.82, 2.24) is 19.5 Å². The smallest absolute Gasteiger partial charge is 0.303 e. The molecule has 1 fully saturated rings. The van der Waals surface area contributed by atoms with Crippen LogP contribution in [-0.4, -0.2) is 63.6 Å². The van der Waals surface area contributed by atoms with Gasteiger partial charge in [0.05, 0.1) is 22.7 Å². The molecule has 1 aliphatic heterocycles. The molecule has 0 unspecified atom stereocenters. The van der Waals surface area contributed by atoms with E-state index in [2.05, 4.69) is 44.9 Å². The van der Waals surface area contributed by atoms with Crippen LogP contribution in [0.4, 0.5) is 0 Å². The Balaban J connectivity index is 1.81. The summed E-state index contributed by atoms with van der Waals surface area (Å²) in [6, 6.07) is 6.21. The molecular weight excluding hydrogens is 520 g/mol. The lowest BCUT2D eigenvalue weighted by atomic mass is 9.95. The van der Waals surface area contributed by atoms with Crippen molar-refractivity contribution in [1.29, 1.82) is 0 Å². The molecule has 0 spiro atoms. The highest BCUT2D eigenvalue weighted by molar-refractivity contribution is 9.10. The van der Waals surface area contributed by atoms with Gasteiger partial charge in [-0.2, -0.15) is 5.10 Å². The number of unbranched alkanes of at least 4 members (excludes halogenated alkanes) is 1. The summed E-state index contributed by atoms with van der Waals surface area (Å²) < 4.78 is 26.7. The summed E-state index contributed by atoms with van der Waals surface area (Å²) in [6.45, 7) is 3.62. The molecule has 1 aliphatic rings. The molecular formula is C24H29BrN4O4S. The molecule has 0 atom stereocenters. The zero-order chi connectivity index (χ0) is 24.3. The summed E-state index contributed by atoms with van der Waals surface area (Å²) in [5.74, 6) is -0.469. The number of hydrogen-bond donors (Lipinski definition) is 1.